The zero-order valence-corrected chi connectivity index (χ0v) is 33.0. The predicted octanol–water partition coefficient (Wildman–Crippen LogP) is 7.95. The van der Waals surface area contributed by atoms with E-state index in [0.717, 1.165) is 16.3 Å². The van der Waals surface area contributed by atoms with E-state index in [-0.39, 0.29) is 17.1 Å². The Bertz CT molecular complexity index is 2170. The van der Waals surface area contributed by atoms with Crippen LogP contribution in [0, 0.1) is 0 Å². The standard InChI is InChI=1S/C43H49N5O9/c1-43(2,3)30-21-29(27-49)40(54-6)37(24-30)48-42(51)47-36-11-12-38(35-10-8-7-9-34(35)36)57-32-13-14-44-39(26-32)46-31-22-28(23-33(25-31)53-5)41(50)45-15-16-55-19-20-56-18-17-52-4/h7-14,21-27H,15-20H2,1-6H3,(H,44,46)(H,45,50)(H2,47,48,51). The number of aldehydes is 1. The van der Waals surface area contributed by atoms with Gasteiger partial charge in [0.05, 0.1) is 64.2 Å². The predicted molar refractivity (Wildman–Crippen MR) is 220 cm³/mol. The van der Waals surface area contributed by atoms with Gasteiger partial charge in [-0.1, -0.05) is 45.0 Å². The first kappa shape index (κ1) is 41.9. The van der Waals surface area contributed by atoms with Crippen LogP contribution in [0.25, 0.3) is 10.8 Å². The number of hydrogen-bond acceptors (Lipinski definition) is 11. The van der Waals surface area contributed by atoms with Crippen LogP contribution in [0.4, 0.5) is 27.7 Å². The number of aromatic nitrogens is 1. The molecule has 0 aliphatic heterocycles. The maximum Gasteiger partial charge on any atom is 0.323 e. The number of amides is 3. The topological polar surface area (TPSA) is 168 Å². The van der Waals surface area contributed by atoms with Gasteiger partial charge in [0, 0.05) is 54.0 Å². The number of nitrogens with one attached hydrogen (secondary N) is 4. The van der Waals surface area contributed by atoms with Gasteiger partial charge >= 0.3 is 6.03 Å². The number of ether oxygens (including phenoxy) is 6. The van der Waals surface area contributed by atoms with Crippen molar-refractivity contribution in [2.75, 3.05) is 76.9 Å². The zero-order valence-electron chi connectivity index (χ0n) is 33.0. The quantitative estimate of drug-likeness (QED) is 0.0474. The number of urea groups is 1. The summed E-state index contributed by atoms with van der Waals surface area (Å²) < 4.78 is 33.1. The average Bonchev–Trinajstić information content (AvgIpc) is 3.20. The van der Waals surface area contributed by atoms with Gasteiger partial charge in [0.1, 0.15) is 23.1 Å². The maximum absolute atomic E-state index is 13.4. The molecule has 0 saturated carbocycles. The molecule has 3 amide bonds. The Morgan fingerprint density at radius 1 is 0.754 bits per heavy atom. The van der Waals surface area contributed by atoms with Crippen LogP contribution in [0.1, 0.15) is 47.1 Å². The Balaban J connectivity index is 1.26. The molecule has 0 radical (unpaired) electrons. The van der Waals surface area contributed by atoms with Crippen molar-refractivity contribution in [1.82, 2.24) is 10.3 Å². The largest absolute Gasteiger partial charge is 0.497 e. The fraction of sp³-hybridized carbons (Fsp3) is 0.302. The van der Waals surface area contributed by atoms with Gasteiger partial charge in [-0.2, -0.15) is 0 Å². The highest BCUT2D eigenvalue weighted by molar-refractivity contribution is 6.08. The Morgan fingerprint density at radius 2 is 1.49 bits per heavy atom. The molecule has 1 aromatic heterocycles. The molecule has 14 heteroatoms. The summed E-state index contributed by atoms with van der Waals surface area (Å²) in [5.41, 5.74) is 2.83. The van der Waals surface area contributed by atoms with Crippen molar-refractivity contribution in [1.29, 1.82) is 0 Å². The van der Waals surface area contributed by atoms with Crippen LogP contribution in [0.3, 0.4) is 0 Å². The highest BCUT2D eigenvalue weighted by Gasteiger charge is 2.21. The molecule has 14 nitrogen and oxygen atoms in total. The first-order valence-electron chi connectivity index (χ1n) is 18.3. The van der Waals surface area contributed by atoms with E-state index in [0.29, 0.717) is 97.1 Å². The van der Waals surface area contributed by atoms with Crippen LogP contribution >= 0.6 is 0 Å². The van der Waals surface area contributed by atoms with Gasteiger partial charge in [0.25, 0.3) is 5.91 Å². The van der Waals surface area contributed by atoms with Crippen LogP contribution in [-0.2, 0) is 19.6 Å². The van der Waals surface area contributed by atoms with Crippen LogP contribution in [-0.4, -0.2) is 84.1 Å². The summed E-state index contributed by atoms with van der Waals surface area (Å²) in [7, 11) is 4.60. The van der Waals surface area contributed by atoms with Gasteiger partial charge in [-0.3, -0.25) is 9.59 Å². The van der Waals surface area contributed by atoms with Gasteiger partial charge in [0.15, 0.2) is 12.0 Å². The third kappa shape index (κ3) is 11.6. The van der Waals surface area contributed by atoms with Gasteiger partial charge in [0.2, 0.25) is 0 Å². The van der Waals surface area contributed by atoms with Crippen LogP contribution < -0.4 is 35.5 Å². The molecule has 0 fully saturated rings. The maximum atomic E-state index is 13.4. The zero-order chi connectivity index (χ0) is 40.8. The second-order valence-electron chi connectivity index (χ2n) is 13.8. The summed E-state index contributed by atoms with van der Waals surface area (Å²) in [6.45, 7) is 8.61. The van der Waals surface area contributed by atoms with Gasteiger partial charge in [-0.15, -0.1) is 0 Å². The van der Waals surface area contributed by atoms with Crippen LogP contribution in [0.15, 0.2) is 85.1 Å². The van der Waals surface area contributed by atoms with E-state index in [2.05, 4.69) is 26.3 Å². The average molecular weight is 780 g/mol. The molecule has 0 aliphatic rings. The molecule has 57 heavy (non-hydrogen) atoms. The third-order valence-electron chi connectivity index (χ3n) is 8.67. The molecule has 4 N–H and O–H groups in total. The number of fused-ring (bicyclic) bond motifs is 1. The highest BCUT2D eigenvalue weighted by atomic mass is 16.5. The number of rotatable bonds is 19. The van der Waals surface area contributed by atoms with Crippen molar-refractivity contribution in [3.8, 4) is 23.0 Å². The van der Waals surface area contributed by atoms with Crippen molar-refractivity contribution in [3.05, 3.63) is 102 Å². The lowest BCUT2D eigenvalue weighted by atomic mass is 9.85. The monoisotopic (exact) mass is 779 g/mol. The molecule has 0 atom stereocenters. The van der Waals surface area contributed by atoms with E-state index in [9.17, 15) is 14.4 Å². The molecule has 0 bridgehead atoms. The van der Waals surface area contributed by atoms with Crippen molar-refractivity contribution >= 4 is 51.9 Å². The number of methoxy groups -OCH3 is 3. The summed E-state index contributed by atoms with van der Waals surface area (Å²) in [5, 5.41) is 13.4. The molecule has 0 spiro atoms. The number of carbonyl (C=O) groups is 3. The number of pyridine rings is 1. The van der Waals surface area contributed by atoms with E-state index in [1.54, 1.807) is 61.8 Å². The minimum atomic E-state index is -0.511. The highest BCUT2D eigenvalue weighted by Crippen LogP contribution is 2.37. The summed E-state index contributed by atoms with van der Waals surface area (Å²) in [5.74, 6) is 1.99. The lowest BCUT2D eigenvalue weighted by Crippen LogP contribution is -2.27. The molecule has 0 saturated heterocycles. The van der Waals surface area contributed by atoms with Gasteiger partial charge in [-0.25, -0.2) is 9.78 Å². The molecule has 0 aliphatic carbocycles. The van der Waals surface area contributed by atoms with E-state index in [1.165, 1.54) is 14.2 Å². The lowest BCUT2D eigenvalue weighted by molar-refractivity contribution is 0.0255. The molecular weight excluding hydrogens is 730 g/mol. The van der Waals surface area contributed by atoms with E-state index in [1.807, 2.05) is 51.1 Å². The lowest BCUT2D eigenvalue weighted by Gasteiger charge is -2.22. The number of hydrogen-bond donors (Lipinski definition) is 4. The minimum absolute atomic E-state index is 0.275. The SMILES string of the molecule is COCCOCCOCCNC(=O)c1cc(Nc2cc(Oc3ccc(NC(=O)Nc4cc(C(C)(C)C)cc(C=O)c4OC)c4ccccc34)ccn2)cc(OC)c1. The van der Waals surface area contributed by atoms with Gasteiger partial charge < -0.3 is 49.7 Å². The van der Waals surface area contributed by atoms with Crippen molar-refractivity contribution in [2.45, 2.75) is 26.2 Å². The summed E-state index contributed by atoms with van der Waals surface area (Å²) >= 11 is 0. The van der Waals surface area contributed by atoms with Crippen LogP contribution in [0.2, 0.25) is 0 Å². The van der Waals surface area contributed by atoms with E-state index in [4.69, 9.17) is 28.4 Å². The van der Waals surface area contributed by atoms with Crippen molar-refractivity contribution in [3.63, 3.8) is 0 Å². The third-order valence-corrected chi connectivity index (χ3v) is 8.67. The molecule has 5 rings (SSSR count). The molecule has 5 aromatic rings. The minimum Gasteiger partial charge on any atom is -0.497 e. The Morgan fingerprint density at radius 3 is 2.21 bits per heavy atom. The first-order valence-corrected chi connectivity index (χ1v) is 18.3. The smallest absolute Gasteiger partial charge is 0.323 e. The molecule has 1 heterocycles. The number of nitrogens with zero attached hydrogens (tertiary/aromatic N) is 1. The molecular formula is C43H49N5O9. The molecule has 4 aromatic carbocycles. The van der Waals surface area contributed by atoms with E-state index >= 15 is 0 Å². The second-order valence-corrected chi connectivity index (χ2v) is 13.8. The fourth-order valence-corrected chi connectivity index (χ4v) is 5.78. The Labute approximate surface area is 332 Å². The van der Waals surface area contributed by atoms with Crippen LogP contribution in [0.5, 0.6) is 23.0 Å². The summed E-state index contributed by atoms with van der Waals surface area (Å²) in [4.78, 5) is 42.7. The second kappa shape index (κ2) is 20.1. The Kier molecular flexibility index (Phi) is 14.8. The summed E-state index contributed by atoms with van der Waals surface area (Å²) in [6.07, 6.45) is 2.32. The fourth-order valence-electron chi connectivity index (χ4n) is 5.78. The first-order chi connectivity index (χ1) is 27.5. The van der Waals surface area contributed by atoms with Crippen molar-refractivity contribution < 1.29 is 42.8 Å². The number of benzene rings is 4. The number of anilines is 4. The normalized spacial score (nSPS) is 11.1. The van der Waals surface area contributed by atoms with Gasteiger partial charge in [-0.05, 0) is 53.4 Å². The Hall–Kier alpha value is -6.22. The summed E-state index contributed by atoms with van der Waals surface area (Å²) in [6, 6.07) is 22.7. The van der Waals surface area contributed by atoms with E-state index < -0.39 is 6.03 Å². The molecule has 300 valence electrons. The molecule has 0 unspecified atom stereocenters. The van der Waals surface area contributed by atoms with Crippen molar-refractivity contribution in [2.24, 2.45) is 0 Å². The number of carbonyl (C=O) groups excluding carboxylic acids is 3.